The van der Waals surface area contributed by atoms with Gasteiger partial charge in [0.25, 0.3) is 0 Å². The summed E-state index contributed by atoms with van der Waals surface area (Å²) in [6.07, 6.45) is 1.69. The second-order valence-corrected chi connectivity index (χ2v) is 5.07. The summed E-state index contributed by atoms with van der Waals surface area (Å²) in [5.74, 6) is 0.324. The lowest BCUT2D eigenvalue weighted by atomic mass is 9.67. The van der Waals surface area contributed by atoms with Gasteiger partial charge in [0.15, 0.2) is 0 Å². The maximum atomic E-state index is 11.3. The van der Waals surface area contributed by atoms with Crippen LogP contribution in [0.2, 0.25) is 0 Å². The number of ether oxygens (including phenoxy) is 1. The monoisotopic (exact) mass is 184 g/mol. The van der Waals surface area contributed by atoms with Gasteiger partial charge in [-0.05, 0) is 20.3 Å². The van der Waals surface area contributed by atoms with E-state index in [2.05, 4.69) is 20.8 Å². The van der Waals surface area contributed by atoms with Crippen molar-refractivity contribution in [3.63, 3.8) is 0 Å². The molecule has 76 valence electrons. The maximum Gasteiger partial charge on any atom is 0.143 e. The molecule has 0 radical (unpaired) electrons. The summed E-state index contributed by atoms with van der Waals surface area (Å²) >= 11 is 0. The molecule has 0 bridgehead atoms. The van der Waals surface area contributed by atoms with Crippen molar-refractivity contribution in [2.75, 3.05) is 0 Å². The predicted octanol–water partition coefficient (Wildman–Crippen LogP) is 2.56. The Morgan fingerprint density at radius 1 is 1.54 bits per heavy atom. The van der Waals surface area contributed by atoms with Crippen molar-refractivity contribution in [2.24, 2.45) is 5.41 Å². The van der Waals surface area contributed by atoms with E-state index in [4.69, 9.17) is 4.74 Å². The third-order valence-electron chi connectivity index (χ3n) is 3.21. The number of rotatable bonds is 3. The molecule has 1 aliphatic carbocycles. The van der Waals surface area contributed by atoms with Crippen LogP contribution in [0.5, 0.6) is 0 Å². The Labute approximate surface area is 80.7 Å². The molecule has 0 spiro atoms. The Kier molecular flexibility index (Phi) is 2.54. The SMILES string of the molecule is CCC(C)(C)OC1CC(=O)C1(C)C. The molecule has 0 aromatic rings. The molecule has 1 rings (SSSR count). The number of carbonyl (C=O) groups is 1. The molecular weight excluding hydrogens is 164 g/mol. The average molecular weight is 184 g/mol. The van der Waals surface area contributed by atoms with Crippen molar-refractivity contribution in [1.29, 1.82) is 0 Å². The maximum absolute atomic E-state index is 11.3. The minimum atomic E-state index is -0.257. The highest BCUT2D eigenvalue weighted by Gasteiger charge is 2.49. The largest absolute Gasteiger partial charge is 0.371 e. The fraction of sp³-hybridized carbons (Fsp3) is 0.909. The highest BCUT2D eigenvalue weighted by molar-refractivity contribution is 5.91. The summed E-state index contributed by atoms with van der Waals surface area (Å²) in [5.41, 5.74) is -0.352. The van der Waals surface area contributed by atoms with Gasteiger partial charge in [0.1, 0.15) is 5.78 Å². The zero-order valence-corrected chi connectivity index (χ0v) is 9.31. The Hall–Kier alpha value is -0.370. The van der Waals surface area contributed by atoms with Crippen LogP contribution in [0.1, 0.15) is 47.5 Å². The zero-order chi connectivity index (χ0) is 10.3. The number of hydrogen-bond acceptors (Lipinski definition) is 2. The lowest BCUT2D eigenvalue weighted by Crippen LogP contribution is -2.54. The number of hydrogen-bond donors (Lipinski definition) is 0. The van der Waals surface area contributed by atoms with Gasteiger partial charge >= 0.3 is 0 Å². The molecule has 1 fully saturated rings. The van der Waals surface area contributed by atoms with E-state index in [0.29, 0.717) is 12.2 Å². The molecule has 2 heteroatoms. The van der Waals surface area contributed by atoms with Crippen LogP contribution in [0.25, 0.3) is 0 Å². The van der Waals surface area contributed by atoms with E-state index in [1.165, 1.54) is 0 Å². The van der Waals surface area contributed by atoms with E-state index in [1.807, 2.05) is 13.8 Å². The molecule has 0 aliphatic heterocycles. The van der Waals surface area contributed by atoms with Gasteiger partial charge in [-0.3, -0.25) is 4.79 Å². The van der Waals surface area contributed by atoms with Crippen LogP contribution in [-0.4, -0.2) is 17.5 Å². The number of Topliss-reactive ketones (excluding diaryl/α,β-unsaturated/α-hetero) is 1. The van der Waals surface area contributed by atoms with Crippen LogP contribution < -0.4 is 0 Å². The van der Waals surface area contributed by atoms with Crippen molar-refractivity contribution in [2.45, 2.75) is 59.2 Å². The third-order valence-corrected chi connectivity index (χ3v) is 3.21. The van der Waals surface area contributed by atoms with E-state index in [0.717, 1.165) is 6.42 Å². The molecule has 0 heterocycles. The van der Waals surface area contributed by atoms with E-state index >= 15 is 0 Å². The molecule has 0 aromatic carbocycles. The van der Waals surface area contributed by atoms with Crippen LogP contribution in [0, 0.1) is 5.41 Å². The van der Waals surface area contributed by atoms with Gasteiger partial charge in [0.2, 0.25) is 0 Å². The standard InChI is InChI=1S/C11H20O2/c1-6-10(2,3)13-9-7-8(12)11(9,4)5/h9H,6-7H2,1-5H3. The van der Waals surface area contributed by atoms with Gasteiger partial charge in [-0.25, -0.2) is 0 Å². The first kappa shape index (κ1) is 10.7. The smallest absolute Gasteiger partial charge is 0.143 e. The van der Waals surface area contributed by atoms with E-state index < -0.39 is 0 Å². The van der Waals surface area contributed by atoms with Crippen LogP contribution >= 0.6 is 0 Å². The molecule has 2 nitrogen and oxygen atoms in total. The third kappa shape index (κ3) is 1.93. The molecule has 1 saturated carbocycles. The quantitative estimate of drug-likeness (QED) is 0.673. The van der Waals surface area contributed by atoms with Gasteiger partial charge in [0, 0.05) is 6.42 Å². The van der Waals surface area contributed by atoms with Gasteiger partial charge in [-0.15, -0.1) is 0 Å². The first-order chi connectivity index (χ1) is 5.79. The van der Waals surface area contributed by atoms with Crippen molar-refractivity contribution in [3.05, 3.63) is 0 Å². The molecular formula is C11H20O2. The van der Waals surface area contributed by atoms with E-state index in [1.54, 1.807) is 0 Å². The second kappa shape index (κ2) is 3.09. The lowest BCUT2D eigenvalue weighted by molar-refractivity contribution is -0.179. The Balaban J connectivity index is 2.54. The lowest BCUT2D eigenvalue weighted by Gasteiger charge is -2.45. The highest BCUT2D eigenvalue weighted by atomic mass is 16.5. The van der Waals surface area contributed by atoms with E-state index in [9.17, 15) is 4.79 Å². The summed E-state index contributed by atoms with van der Waals surface area (Å²) < 4.78 is 5.89. The minimum Gasteiger partial charge on any atom is -0.371 e. The summed E-state index contributed by atoms with van der Waals surface area (Å²) in [4.78, 5) is 11.3. The molecule has 1 atom stereocenters. The van der Waals surface area contributed by atoms with Gasteiger partial charge in [-0.2, -0.15) is 0 Å². The fourth-order valence-corrected chi connectivity index (χ4v) is 1.39. The second-order valence-electron chi connectivity index (χ2n) is 5.07. The first-order valence-electron chi connectivity index (χ1n) is 5.01. The summed E-state index contributed by atoms with van der Waals surface area (Å²) in [6.45, 7) is 10.2. The summed E-state index contributed by atoms with van der Waals surface area (Å²) in [5, 5.41) is 0. The van der Waals surface area contributed by atoms with E-state index in [-0.39, 0.29) is 17.1 Å². The molecule has 0 saturated heterocycles. The first-order valence-corrected chi connectivity index (χ1v) is 5.01. The van der Waals surface area contributed by atoms with Gasteiger partial charge in [0.05, 0.1) is 17.1 Å². The Morgan fingerprint density at radius 2 is 2.08 bits per heavy atom. The zero-order valence-electron chi connectivity index (χ0n) is 9.31. The van der Waals surface area contributed by atoms with Crippen molar-refractivity contribution < 1.29 is 9.53 Å². The highest BCUT2D eigenvalue weighted by Crippen LogP contribution is 2.41. The fourth-order valence-electron chi connectivity index (χ4n) is 1.39. The normalized spacial score (nSPS) is 27.2. The van der Waals surface area contributed by atoms with Crippen molar-refractivity contribution >= 4 is 5.78 Å². The van der Waals surface area contributed by atoms with Crippen LogP contribution in [0.15, 0.2) is 0 Å². The van der Waals surface area contributed by atoms with Gasteiger partial charge in [-0.1, -0.05) is 20.8 Å². The molecule has 0 N–H and O–H groups in total. The predicted molar refractivity (Wildman–Crippen MR) is 52.6 cm³/mol. The summed E-state index contributed by atoms with van der Waals surface area (Å²) in [6, 6.07) is 0. The van der Waals surface area contributed by atoms with Crippen molar-refractivity contribution in [3.8, 4) is 0 Å². The molecule has 1 aliphatic rings. The van der Waals surface area contributed by atoms with Crippen LogP contribution in [-0.2, 0) is 9.53 Å². The van der Waals surface area contributed by atoms with Crippen molar-refractivity contribution in [1.82, 2.24) is 0 Å². The molecule has 0 aromatic heterocycles. The molecule has 0 amide bonds. The number of carbonyl (C=O) groups excluding carboxylic acids is 1. The Bertz CT molecular complexity index is 216. The minimum absolute atomic E-state index is 0.0946. The van der Waals surface area contributed by atoms with Crippen LogP contribution in [0.3, 0.4) is 0 Å². The van der Waals surface area contributed by atoms with Crippen LogP contribution in [0.4, 0.5) is 0 Å². The topological polar surface area (TPSA) is 26.3 Å². The number of ketones is 1. The average Bonchev–Trinajstić information content (AvgIpc) is 2.04. The Morgan fingerprint density at radius 3 is 2.38 bits per heavy atom. The van der Waals surface area contributed by atoms with Gasteiger partial charge < -0.3 is 4.74 Å². The summed E-state index contributed by atoms with van der Waals surface area (Å²) in [7, 11) is 0. The molecule has 13 heavy (non-hydrogen) atoms. The molecule has 1 unspecified atom stereocenters.